The number of carbonyl (C=O) groups is 1. The van der Waals surface area contributed by atoms with E-state index in [1.807, 2.05) is 54.4 Å². The van der Waals surface area contributed by atoms with Crippen LogP contribution in [0.2, 0.25) is 0 Å². The lowest BCUT2D eigenvalue weighted by atomic mass is 9.81. The quantitative estimate of drug-likeness (QED) is 0.497. The highest BCUT2D eigenvalue weighted by Crippen LogP contribution is 2.41. The lowest BCUT2D eigenvalue weighted by molar-refractivity contribution is -0.134. The molecule has 0 N–H and O–H groups in total. The van der Waals surface area contributed by atoms with Gasteiger partial charge < -0.3 is 9.64 Å². The molecule has 0 spiro atoms. The molecule has 0 bridgehead atoms. The van der Waals surface area contributed by atoms with Crippen LogP contribution in [-0.2, 0) is 11.2 Å². The monoisotopic (exact) mass is 454 g/mol. The summed E-state index contributed by atoms with van der Waals surface area (Å²) >= 11 is 0. The van der Waals surface area contributed by atoms with Gasteiger partial charge in [0.2, 0.25) is 5.91 Å². The van der Waals surface area contributed by atoms with E-state index in [9.17, 15) is 4.79 Å². The van der Waals surface area contributed by atoms with E-state index in [1.165, 1.54) is 24.0 Å². The lowest BCUT2D eigenvalue weighted by Crippen LogP contribution is -2.49. The Bertz CT molecular complexity index is 1070. The Hall–Kier alpha value is -3.11. The van der Waals surface area contributed by atoms with Crippen molar-refractivity contribution in [1.82, 2.24) is 9.80 Å². The Labute approximate surface area is 203 Å². The summed E-state index contributed by atoms with van der Waals surface area (Å²) in [7, 11) is 3.72. The summed E-state index contributed by atoms with van der Waals surface area (Å²) in [6.45, 7) is 2.23. The van der Waals surface area contributed by atoms with Gasteiger partial charge in [-0.1, -0.05) is 66.7 Å². The van der Waals surface area contributed by atoms with Crippen molar-refractivity contribution in [3.05, 3.63) is 101 Å². The summed E-state index contributed by atoms with van der Waals surface area (Å²) in [5.74, 6) is 0.666. The minimum atomic E-state index is -0.331. The van der Waals surface area contributed by atoms with E-state index in [4.69, 9.17) is 4.74 Å². The molecule has 3 aromatic rings. The van der Waals surface area contributed by atoms with Crippen LogP contribution in [0.25, 0.3) is 0 Å². The van der Waals surface area contributed by atoms with Gasteiger partial charge in [0.25, 0.3) is 0 Å². The third-order valence-corrected chi connectivity index (χ3v) is 7.63. The maximum Gasteiger partial charge on any atom is 0.234 e. The van der Waals surface area contributed by atoms with Crippen molar-refractivity contribution in [2.75, 3.05) is 27.2 Å². The first kappa shape index (κ1) is 22.7. The van der Waals surface area contributed by atoms with Crippen LogP contribution in [0.1, 0.15) is 53.5 Å². The second-order valence-electron chi connectivity index (χ2n) is 9.56. The van der Waals surface area contributed by atoms with Crippen molar-refractivity contribution in [3.63, 3.8) is 0 Å². The Balaban J connectivity index is 1.57. The fraction of sp³-hybridized carbons (Fsp3) is 0.367. The zero-order valence-corrected chi connectivity index (χ0v) is 20.2. The van der Waals surface area contributed by atoms with Gasteiger partial charge in [0, 0.05) is 13.1 Å². The van der Waals surface area contributed by atoms with Crippen molar-refractivity contribution in [3.8, 4) is 5.75 Å². The standard InChI is InChI=1S/C30H34N2O2/c1-31(30(33)28(23-11-5-3-6-12-23)24-13-7-4-8-14-24)29-26-21-25(34-2)17-15-22(26)16-18-27(29)32-19-9-10-20-32/h3-8,11-15,17,21,27-29H,9-10,16,18-20H2,1-2H3/t27-,29-/m0/s1. The highest BCUT2D eigenvalue weighted by Gasteiger charge is 2.40. The Morgan fingerprint density at radius 3 is 2.15 bits per heavy atom. The molecule has 1 amide bonds. The topological polar surface area (TPSA) is 32.8 Å². The number of nitrogens with zero attached hydrogens (tertiary/aromatic N) is 2. The molecule has 5 rings (SSSR count). The van der Waals surface area contributed by atoms with Gasteiger partial charge in [-0.15, -0.1) is 0 Å². The molecule has 4 nitrogen and oxygen atoms in total. The number of hydrogen-bond donors (Lipinski definition) is 0. The molecule has 0 unspecified atom stereocenters. The van der Waals surface area contributed by atoms with Crippen LogP contribution in [0.5, 0.6) is 5.75 Å². The fourth-order valence-corrected chi connectivity index (χ4v) is 5.90. The molecular weight excluding hydrogens is 420 g/mol. The number of fused-ring (bicyclic) bond motifs is 1. The lowest BCUT2D eigenvalue weighted by Gasteiger charge is -2.44. The molecular formula is C30H34N2O2. The van der Waals surface area contributed by atoms with Crippen molar-refractivity contribution in [1.29, 1.82) is 0 Å². The van der Waals surface area contributed by atoms with E-state index in [1.54, 1.807) is 7.11 Å². The highest BCUT2D eigenvalue weighted by molar-refractivity contribution is 5.87. The van der Waals surface area contributed by atoms with E-state index in [-0.39, 0.29) is 17.9 Å². The van der Waals surface area contributed by atoms with Crippen molar-refractivity contribution < 1.29 is 9.53 Å². The minimum Gasteiger partial charge on any atom is -0.497 e. The average molecular weight is 455 g/mol. The number of likely N-dealkylation sites (N-methyl/N-ethyl adjacent to an activating group) is 1. The van der Waals surface area contributed by atoms with Gasteiger partial charge in [0.15, 0.2) is 0 Å². The molecule has 2 atom stereocenters. The maximum atomic E-state index is 14.3. The highest BCUT2D eigenvalue weighted by atomic mass is 16.5. The molecule has 1 aliphatic heterocycles. The number of likely N-dealkylation sites (tertiary alicyclic amines) is 1. The van der Waals surface area contributed by atoms with Gasteiger partial charge in [0.05, 0.1) is 19.1 Å². The van der Waals surface area contributed by atoms with Crippen LogP contribution >= 0.6 is 0 Å². The van der Waals surface area contributed by atoms with Crippen molar-refractivity contribution >= 4 is 5.91 Å². The summed E-state index contributed by atoms with van der Waals surface area (Å²) in [4.78, 5) is 19.0. The molecule has 176 valence electrons. The first-order valence-corrected chi connectivity index (χ1v) is 12.4. The van der Waals surface area contributed by atoms with E-state index < -0.39 is 0 Å². The van der Waals surface area contributed by atoms with Crippen LogP contribution < -0.4 is 4.74 Å². The second kappa shape index (κ2) is 10.0. The zero-order chi connectivity index (χ0) is 23.5. The van der Waals surface area contributed by atoms with E-state index in [2.05, 4.69) is 41.3 Å². The molecule has 3 aromatic carbocycles. The molecule has 2 aliphatic rings. The van der Waals surface area contributed by atoms with Gasteiger partial charge in [-0.3, -0.25) is 9.69 Å². The molecule has 1 heterocycles. The van der Waals surface area contributed by atoms with Gasteiger partial charge in [0.1, 0.15) is 5.75 Å². The number of hydrogen-bond acceptors (Lipinski definition) is 3. The number of methoxy groups -OCH3 is 1. The number of carbonyl (C=O) groups excluding carboxylic acids is 1. The van der Waals surface area contributed by atoms with Crippen LogP contribution in [0.3, 0.4) is 0 Å². The van der Waals surface area contributed by atoms with Gasteiger partial charge in [-0.2, -0.15) is 0 Å². The van der Waals surface area contributed by atoms with Gasteiger partial charge in [-0.05, 0) is 73.2 Å². The first-order chi connectivity index (χ1) is 16.7. The Morgan fingerprint density at radius 2 is 1.56 bits per heavy atom. The maximum absolute atomic E-state index is 14.3. The second-order valence-corrected chi connectivity index (χ2v) is 9.56. The summed E-state index contributed by atoms with van der Waals surface area (Å²) in [6.07, 6.45) is 4.59. The molecule has 0 saturated carbocycles. The number of benzene rings is 3. The number of rotatable bonds is 6. The van der Waals surface area contributed by atoms with Crippen LogP contribution in [-0.4, -0.2) is 49.0 Å². The fourth-order valence-electron chi connectivity index (χ4n) is 5.90. The van der Waals surface area contributed by atoms with Crippen LogP contribution in [0, 0.1) is 0 Å². The predicted molar refractivity (Wildman–Crippen MR) is 136 cm³/mol. The van der Waals surface area contributed by atoms with Crippen LogP contribution in [0.15, 0.2) is 78.9 Å². The Morgan fingerprint density at radius 1 is 0.941 bits per heavy atom. The summed E-state index contributed by atoms with van der Waals surface area (Å²) in [5.41, 5.74) is 4.63. The van der Waals surface area contributed by atoms with Crippen molar-refractivity contribution in [2.24, 2.45) is 0 Å². The largest absolute Gasteiger partial charge is 0.497 e. The average Bonchev–Trinajstić information content (AvgIpc) is 3.43. The molecule has 0 radical (unpaired) electrons. The predicted octanol–water partition coefficient (Wildman–Crippen LogP) is 5.44. The summed E-state index contributed by atoms with van der Waals surface area (Å²) < 4.78 is 5.60. The normalized spacial score (nSPS) is 20.2. The molecule has 4 heteroatoms. The molecule has 34 heavy (non-hydrogen) atoms. The third-order valence-electron chi connectivity index (χ3n) is 7.63. The molecule has 1 aliphatic carbocycles. The minimum absolute atomic E-state index is 0.000579. The number of ether oxygens (including phenoxy) is 1. The zero-order valence-electron chi connectivity index (χ0n) is 20.2. The van der Waals surface area contributed by atoms with Gasteiger partial charge in [-0.25, -0.2) is 0 Å². The summed E-state index contributed by atoms with van der Waals surface area (Å²) in [6, 6.07) is 27.1. The molecule has 1 saturated heterocycles. The third kappa shape index (κ3) is 4.35. The van der Waals surface area contributed by atoms with E-state index in [0.717, 1.165) is 42.8 Å². The number of amides is 1. The Kier molecular flexibility index (Phi) is 6.68. The smallest absolute Gasteiger partial charge is 0.234 e. The SMILES string of the molecule is COc1ccc2c(c1)[C@H](N(C)C(=O)C(c1ccccc1)c1ccccc1)[C@@H](N1CCCC1)CC2. The molecule has 1 fully saturated rings. The van der Waals surface area contributed by atoms with E-state index >= 15 is 0 Å². The van der Waals surface area contributed by atoms with Crippen molar-refractivity contribution in [2.45, 2.75) is 43.7 Å². The first-order valence-electron chi connectivity index (χ1n) is 12.4. The molecule has 0 aromatic heterocycles. The van der Waals surface area contributed by atoms with E-state index in [0.29, 0.717) is 6.04 Å². The number of aryl methyl sites for hydroxylation is 1. The van der Waals surface area contributed by atoms with Crippen LogP contribution in [0.4, 0.5) is 0 Å². The van der Waals surface area contributed by atoms with Gasteiger partial charge >= 0.3 is 0 Å². The summed E-state index contributed by atoms with van der Waals surface area (Å²) in [5, 5.41) is 0.